The molecule has 0 aliphatic carbocycles. The van der Waals surface area contributed by atoms with Crippen LogP contribution in [0.1, 0.15) is 11.3 Å². The van der Waals surface area contributed by atoms with E-state index in [2.05, 4.69) is 26.2 Å². The standard InChI is InChI=1S/C11H14N6S/c1-7-3-5-9(6-4-7)15-16-10-8(2)14-17-11(13-12)18-10/h3-6,15H,12H2,1-2H3,(H,13,17)/b16-10+. The second-order valence-electron chi connectivity index (χ2n) is 3.73. The molecule has 4 N–H and O–H groups in total. The van der Waals surface area contributed by atoms with Crippen molar-refractivity contribution in [2.24, 2.45) is 10.9 Å². The molecule has 0 aliphatic heterocycles. The van der Waals surface area contributed by atoms with Crippen molar-refractivity contribution in [1.82, 2.24) is 10.2 Å². The summed E-state index contributed by atoms with van der Waals surface area (Å²) >= 11 is 1.33. The first-order valence-electron chi connectivity index (χ1n) is 5.36. The highest BCUT2D eigenvalue weighted by atomic mass is 32.1. The van der Waals surface area contributed by atoms with Gasteiger partial charge in [0.25, 0.3) is 0 Å². The number of nitrogens with two attached hydrogens (primary N) is 1. The van der Waals surface area contributed by atoms with E-state index in [9.17, 15) is 0 Å². The van der Waals surface area contributed by atoms with E-state index in [0.29, 0.717) is 5.13 Å². The van der Waals surface area contributed by atoms with Crippen LogP contribution in [0.3, 0.4) is 0 Å². The van der Waals surface area contributed by atoms with Gasteiger partial charge in [-0.2, -0.15) is 5.10 Å². The lowest BCUT2D eigenvalue weighted by Crippen LogP contribution is -2.14. The quantitative estimate of drug-likeness (QED) is 0.574. The van der Waals surface area contributed by atoms with Gasteiger partial charge in [-0.1, -0.05) is 29.0 Å². The second-order valence-corrected chi connectivity index (χ2v) is 4.71. The molecule has 0 radical (unpaired) electrons. The molecule has 1 aromatic carbocycles. The summed E-state index contributed by atoms with van der Waals surface area (Å²) in [5.41, 5.74) is 8.32. The van der Waals surface area contributed by atoms with Gasteiger partial charge in [0.15, 0.2) is 4.67 Å². The number of hydrogen-bond acceptors (Lipinski definition) is 7. The number of aryl methyl sites for hydroxylation is 2. The summed E-state index contributed by atoms with van der Waals surface area (Å²) in [6.45, 7) is 3.89. The Morgan fingerprint density at radius 3 is 2.56 bits per heavy atom. The van der Waals surface area contributed by atoms with Crippen LogP contribution >= 0.6 is 11.3 Å². The molecule has 0 atom stereocenters. The van der Waals surface area contributed by atoms with E-state index in [1.165, 1.54) is 16.9 Å². The molecule has 18 heavy (non-hydrogen) atoms. The minimum atomic E-state index is 0.519. The Bertz CT molecular complexity index is 589. The summed E-state index contributed by atoms with van der Waals surface area (Å²) in [5, 5.41) is 12.6. The first kappa shape index (κ1) is 12.5. The summed E-state index contributed by atoms with van der Waals surface area (Å²) in [6, 6.07) is 7.97. The van der Waals surface area contributed by atoms with Gasteiger partial charge in [0, 0.05) is 0 Å². The van der Waals surface area contributed by atoms with Crippen molar-refractivity contribution in [2.75, 3.05) is 10.9 Å². The highest BCUT2D eigenvalue weighted by Gasteiger charge is 1.98. The minimum Gasteiger partial charge on any atom is -0.298 e. The van der Waals surface area contributed by atoms with Crippen LogP contribution < -0.4 is 21.4 Å². The molecule has 0 fully saturated rings. The van der Waals surface area contributed by atoms with Gasteiger partial charge in [-0.15, -0.1) is 10.2 Å². The largest absolute Gasteiger partial charge is 0.298 e. The summed E-state index contributed by atoms with van der Waals surface area (Å²) in [4.78, 5) is 0. The molecule has 0 unspecified atom stereocenters. The van der Waals surface area contributed by atoms with E-state index in [0.717, 1.165) is 16.1 Å². The molecule has 0 saturated heterocycles. The van der Waals surface area contributed by atoms with E-state index in [4.69, 9.17) is 5.84 Å². The van der Waals surface area contributed by atoms with Crippen LogP contribution in [0.5, 0.6) is 0 Å². The van der Waals surface area contributed by atoms with Crippen LogP contribution in [0, 0.1) is 13.8 Å². The number of nitrogens with one attached hydrogen (secondary N) is 2. The molecular formula is C11H14N6S. The van der Waals surface area contributed by atoms with E-state index in [1.807, 2.05) is 38.1 Å². The van der Waals surface area contributed by atoms with Gasteiger partial charge in [-0.05, 0) is 26.0 Å². The highest BCUT2D eigenvalue weighted by Crippen LogP contribution is 2.08. The smallest absolute Gasteiger partial charge is 0.220 e. The average Bonchev–Trinajstić information content (AvgIpc) is 2.40. The normalized spacial score (nSPS) is 11.4. The van der Waals surface area contributed by atoms with E-state index in [-0.39, 0.29) is 0 Å². The van der Waals surface area contributed by atoms with E-state index in [1.54, 1.807) is 0 Å². The van der Waals surface area contributed by atoms with E-state index >= 15 is 0 Å². The van der Waals surface area contributed by atoms with E-state index < -0.39 is 0 Å². The molecule has 2 aromatic rings. The van der Waals surface area contributed by atoms with Gasteiger partial charge in [0.2, 0.25) is 5.13 Å². The predicted octanol–water partition coefficient (Wildman–Crippen LogP) is 1.37. The summed E-state index contributed by atoms with van der Waals surface area (Å²) < 4.78 is 0.735. The molecule has 1 aromatic heterocycles. The number of aromatic nitrogens is 2. The number of hydrazine groups is 1. The maximum absolute atomic E-state index is 5.29. The Balaban J connectivity index is 2.25. The molecule has 0 saturated carbocycles. The fourth-order valence-corrected chi connectivity index (χ4v) is 1.86. The molecular weight excluding hydrogens is 248 g/mol. The third kappa shape index (κ3) is 3.02. The SMILES string of the molecule is Cc1ccc(N/N=c2/sc(NN)nnc2C)cc1. The zero-order valence-electron chi connectivity index (χ0n) is 10.1. The number of nitrogens with zero attached hydrogens (tertiary/aromatic N) is 3. The van der Waals surface area contributed by atoms with Crippen molar-refractivity contribution < 1.29 is 0 Å². The van der Waals surface area contributed by atoms with Gasteiger partial charge >= 0.3 is 0 Å². The van der Waals surface area contributed by atoms with Crippen LogP contribution in [0.4, 0.5) is 10.8 Å². The lowest BCUT2D eigenvalue weighted by atomic mass is 10.2. The van der Waals surface area contributed by atoms with Gasteiger partial charge in [-0.25, -0.2) is 5.84 Å². The van der Waals surface area contributed by atoms with Crippen LogP contribution in [-0.2, 0) is 0 Å². The molecule has 6 nitrogen and oxygen atoms in total. The molecule has 1 heterocycles. The van der Waals surface area contributed by atoms with Gasteiger partial charge in [0.05, 0.1) is 11.4 Å². The van der Waals surface area contributed by atoms with Crippen LogP contribution in [0.2, 0.25) is 0 Å². The average molecular weight is 262 g/mol. The topological polar surface area (TPSA) is 88.2 Å². The Morgan fingerprint density at radius 1 is 1.17 bits per heavy atom. The maximum atomic E-state index is 5.29. The second kappa shape index (κ2) is 5.56. The fraction of sp³-hybridized carbons (Fsp3) is 0.182. The molecule has 94 valence electrons. The predicted molar refractivity (Wildman–Crippen MR) is 72.8 cm³/mol. The van der Waals surface area contributed by atoms with Crippen LogP contribution in [0.25, 0.3) is 0 Å². The Hall–Kier alpha value is -1.99. The Morgan fingerprint density at radius 2 is 1.89 bits per heavy atom. The third-order valence-electron chi connectivity index (χ3n) is 2.26. The Kier molecular flexibility index (Phi) is 3.85. The van der Waals surface area contributed by atoms with Gasteiger partial charge in [-0.3, -0.25) is 10.9 Å². The maximum Gasteiger partial charge on any atom is 0.220 e. The molecule has 0 aliphatic rings. The number of nitrogen functional groups attached to an aromatic ring is 1. The summed E-state index contributed by atoms with van der Waals surface area (Å²) in [6.07, 6.45) is 0. The van der Waals surface area contributed by atoms with Gasteiger partial charge < -0.3 is 0 Å². The molecule has 2 rings (SSSR count). The monoisotopic (exact) mass is 262 g/mol. The molecule has 0 amide bonds. The fourth-order valence-electron chi connectivity index (χ4n) is 1.25. The van der Waals surface area contributed by atoms with Crippen molar-refractivity contribution in [3.8, 4) is 0 Å². The Labute approximate surface area is 109 Å². The van der Waals surface area contributed by atoms with Crippen molar-refractivity contribution >= 4 is 22.2 Å². The van der Waals surface area contributed by atoms with Crippen molar-refractivity contribution in [2.45, 2.75) is 13.8 Å². The first-order chi connectivity index (χ1) is 8.69. The van der Waals surface area contributed by atoms with Crippen LogP contribution in [-0.4, -0.2) is 10.2 Å². The number of anilines is 2. The zero-order chi connectivity index (χ0) is 13.0. The number of rotatable bonds is 3. The summed E-state index contributed by atoms with van der Waals surface area (Å²) in [5.74, 6) is 5.29. The first-order valence-corrected chi connectivity index (χ1v) is 6.18. The summed E-state index contributed by atoms with van der Waals surface area (Å²) in [7, 11) is 0. The molecule has 0 spiro atoms. The van der Waals surface area contributed by atoms with Gasteiger partial charge in [0.1, 0.15) is 0 Å². The highest BCUT2D eigenvalue weighted by molar-refractivity contribution is 7.12. The molecule has 0 bridgehead atoms. The minimum absolute atomic E-state index is 0.519. The van der Waals surface area contributed by atoms with Crippen LogP contribution in [0.15, 0.2) is 29.4 Å². The lowest BCUT2D eigenvalue weighted by Gasteiger charge is -2.01. The van der Waals surface area contributed by atoms with Crippen molar-refractivity contribution in [1.29, 1.82) is 0 Å². The number of benzene rings is 1. The van der Waals surface area contributed by atoms with Crippen molar-refractivity contribution in [3.05, 3.63) is 40.2 Å². The van der Waals surface area contributed by atoms with Crippen molar-refractivity contribution in [3.63, 3.8) is 0 Å². The lowest BCUT2D eigenvalue weighted by molar-refractivity contribution is 0.975. The third-order valence-corrected chi connectivity index (χ3v) is 3.23. The molecule has 7 heteroatoms. The zero-order valence-corrected chi connectivity index (χ0v) is 11.0. The number of hydrogen-bond donors (Lipinski definition) is 3.